The number of imidazole rings is 1. The molecule has 0 aliphatic carbocycles. The minimum atomic E-state index is 1.13. The molecule has 0 aliphatic heterocycles. The largest absolute Gasteiger partial charge is 0.251 e. The lowest BCUT2D eigenvalue weighted by atomic mass is 10.4. The number of hydrogen-bond acceptors (Lipinski definition) is 0. The van der Waals surface area contributed by atoms with Gasteiger partial charge in [-0.1, -0.05) is 6.92 Å². The second-order valence-electron chi connectivity index (χ2n) is 2.67. The van der Waals surface area contributed by atoms with Crippen molar-refractivity contribution in [2.45, 2.75) is 33.7 Å². The molecule has 0 spiro atoms. The summed E-state index contributed by atoms with van der Waals surface area (Å²) in [5, 5.41) is 0. The van der Waals surface area contributed by atoms with Crippen molar-refractivity contribution in [3.63, 3.8) is 0 Å². The summed E-state index contributed by atoms with van der Waals surface area (Å²) in [4.78, 5) is 3.18. The maximum atomic E-state index is 3.18. The zero-order valence-electron chi connectivity index (χ0n) is 6.94. The van der Waals surface area contributed by atoms with Gasteiger partial charge in [-0.3, -0.25) is 0 Å². The molecule has 0 unspecified atom stereocenters. The Labute approximate surface area is 61.9 Å². The molecule has 0 aliphatic rings. The zero-order chi connectivity index (χ0) is 7.56. The van der Waals surface area contributed by atoms with Crippen molar-refractivity contribution in [3.8, 4) is 0 Å². The van der Waals surface area contributed by atoms with Crippen molar-refractivity contribution >= 4 is 0 Å². The lowest BCUT2D eigenvalue weighted by Gasteiger charge is -1.95. The van der Waals surface area contributed by atoms with Crippen LogP contribution < -0.4 is 4.57 Å². The quantitative estimate of drug-likeness (QED) is 0.596. The van der Waals surface area contributed by atoms with Gasteiger partial charge in [0.2, 0.25) is 0 Å². The van der Waals surface area contributed by atoms with E-state index in [0.717, 1.165) is 6.54 Å². The average molecular weight is 139 g/mol. The van der Waals surface area contributed by atoms with Crippen LogP contribution in [0.4, 0.5) is 0 Å². The van der Waals surface area contributed by atoms with Gasteiger partial charge in [-0.15, -0.1) is 0 Å². The predicted molar refractivity (Wildman–Crippen MR) is 40.8 cm³/mol. The number of nitrogens with one attached hydrogen (secondary N) is 1. The fraction of sp³-hybridized carbons (Fsp3) is 0.625. The minimum absolute atomic E-state index is 1.13. The molecule has 0 bridgehead atoms. The molecule has 0 atom stereocenters. The number of aryl methyl sites for hydroxylation is 2. The van der Waals surface area contributed by atoms with Gasteiger partial charge in [0, 0.05) is 13.8 Å². The van der Waals surface area contributed by atoms with E-state index in [4.69, 9.17) is 0 Å². The summed E-state index contributed by atoms with van der Waals surface area (Å²) in [7, 11) is 0. The van der Waals surface area contributed by atoms with Crippen molar-refractivity contribution in [2.24, 2.45) is 0 Å². The minimum Gasteiger partial charge on any atom is -0.248 e. The Kier molecular flexibility index (Phi) is 2.10. The van der Waals surface area contributed by atoms with E-state index in [1.54, 1.807) is 0 Å². The Hall–Kier alpha value is -0.790. The molecule has 1 aromatic heterocycles. The van der Waals surface area contributed by atoms with Crippen LogP contribution in [0.25, 0.3) is 0 Å². The molecule has 0 amide bonds. The smallest absolute Gasteiger partial charge is 0.248 e. The number of hydrogen-bond donors (Lipinski definition) is 1. The SMILES string of the molecule is CCC[n+]1c(C)c[nH]c1C. The normalized spacial score (nSPS) is 10.3. The maximum absolute atomic E-state index is 3.18. The van der Waals surface area contributed by atoms with Gasteiger partial charge in [-0.2, -0.15) is 0 Å². The van der Waals surface area contributed by atoms with Gasteiger partial charge in [0.25, 0.3) is 5.82 Å². The van der Waals surface area contributed by atoms with Crippen LogP contribution >= 0.6 is 0 Å². The summed E-state index contributed by atoms with van der Waals surface area (Å²) < 4.78 is 2.29. The molecule has 0 aromatic carbocycles. The molecule has 0 fully saturated rings. The van der Waals surface area contributed by atoms with Gasteiger partial charge in [-0.25, -0.2) is 9.55 Å². The summed E-state index contributed by atoms with van der Waals surface area (Å²) in [5.74, 6) is 1.25. The van der Waals surface area contributed by atoms with E-state index in [0.29, 0.717) is 0 Å². The Morgan fingerprint density at radius 3 is 2.60 bits per heavy atom. The number of nitrogens with zero attached hydrogens (tertiary/aromatic N) is 1. The van der Waals surface area contributed by atoms with Gasteiger partial charge < -0.3 is 0 Å². The van der Waals surface area contributed by atoms with E-state index in [-0.39, 0.29) is 0 Å². The Bertz CT molecular complexity index is 194. The van der Waals surface area contributed by atoms with E-state index in [2.05, 4.69) is 30.3 Å². The third kappa shape index (κ3) is 1.20. The zero-order valence-corrected chi connectivity index (χ0v) is 6.94. The number of aromatic nitrogens is 2. The Balaban J connectivity index is 2.87. The number of rotatable bonds is 2. The molecule has 0 saturated heterocycles. The van der Waals surface area contributed by atoms with Gasteiger partial charge in [0.1, 0.15) is 11.9 Å². The van der Waals surface area contributed by atoms with Gasteiger partial charge in [-0.05, 0) is 6.42 Å². The lowest BCUT2D eigenvalue weighted by Crippen LogP contribution is -2.37. The van der Waals surface area contributed by atoms with Crippen LogP contribution in [0.1, 0.15) is 24.9 Å². The highest BCUT2D eigenvalue weighted by molar-refractivity contribution is 4.85. The van der Waals surface area contributed by atoms with Crippen LogP contribution in [0.3, 0.4) is 0 Å². The van der Waals surface area contributed by atoms with E-state index in [1.165, 1.54) is 17.9 Å². The first-order valence-corrected chi connectivity index (χ1v) is 3.80. The highest BCUT2D eigenvalue weighted by atomic mass is 15.1. The molecule has 0 radical (unpaired) electrons. The molecule has 1 rings (SSSR count). The number of aromatic amines is 1. The summed E-state index contributed by atoms with van der Waals surface area (Å²) in [6, 6.07) is 0. The molecule has 56 valence electrons. The first-order valence-electron chi connectivity index (χ1n) is 3.80. The predicted octanol–water partition coefficient (Wildman–Crippen LogP) is 1.33. The second kappa shape index (κ2) is 2.86. The van der Waals surface area contributed by atoms with E-state index >= 15 is 0 Å². The fourth-order valence-corrected chi connectivity index (χ4v) is 1.20. The van der Waals surface area contributed by atoms with Crippen molar-refractivity contribution in [1.29, 1.82) is 0 Å². The topological polar surface area (TPSA) is 19.7 Å². The maximum Gasteiger partial charge on any atom is 0.251 e. The monoisotopic (exact) mass is 139 g/mol. The molecule has 1 aromatic rings. The third-order valence-electron chi connectivity index (χ3n) is 1.77. The van der Waals surface area contributed by atoms with Crippen molar-refractivity contribution in [1.82, 2.24) is 4.98 Å². The molecular formula is C8H15N2+. The fourth-order valence-electron chi connectivity index (χ4n) is 1.20. The summed E-state index contributed by atoms with van der Waals surface area (Å²) in [5.41, 5.74) is 1.32. The van der Waals surface area contributed by atoms with Crippen molar-refractivity contribution in [3.05, 3.63) is 17.7 Å². The van der Waals surface area contributed by atoms with Crippen molar-refractivity contribution in [2.75, 3.05) is 0 Å². The number of H-pyrrole nitrogens is 1. The first kappa shape index (κ1) is 7.32. The van der Waals surface area contributed by atoms with Crippen LogP contribution in [0.15, 0.2) is 6.20 Å². The van der Waals surface area contributed by atoms with Gasteiger partial charge in [0.15, 0.2) is 0 Å². The van der Waals surface area contributed by atoms with Crippen LogP contribution in [-0.4, -0.2) is 4.98 Å². The van der Waals surface area contributed by atoms with Gasteiger partial charge >= 0.3 is 0 Å². The van der Waals surface area contributed by atoms with Gasteiger partial charge in [0.05, 0.1) is 6.54 Å². The van der Waals surface area contributed by atoms with Crippen LogP contribution in [0.2, 0.25) is 0 Å². The van der Waals surface area contributed by atoms with E-state index < -0.39 is 0 Å². The molecule has 0 saturated carbocycles. The molecule has 2 heteroatoms. The second-order valence-corrected chi connectivity index (χ2v) is 2.67. The average Bonchev–Trinajstić information content (AvgIpc) is 2.20. The molecular weight excluding hydrogens is 124 g/mol. The molecule has 1 N–H and O–H groups in total. The van der Waals surface area contributed by atoms with Crippen LogP contribution in [0, 0.1) is 13.8 Å². The highest BCUT2D eigenvalue weighted by Crippen LogP contribution is 1.91. The standard InChI is InChI=1S/C8H14N2/c1-4-5-10-7(2)6-9-8(10)3/h6H,4-5H2,1-3H3/p+1. The van der Waals surface area contributed by atoms with Crippen molar-refractivity contribution < 1.29 is 4.57 Å². The summed E-state index contributed by atoms with van der Waals surface area (Å²) in [6.07, 6.45) is 3.25. The van der Waals surface area contributed by atoms with Crippen LogP contribution in [-0.2, 0) is 6.54 Å². The Morgan fingerprint density at radius 1 is 1.50 bits per heavy atom. The highest BCUT2D eigenvalue weighted by Gasteiger charge is 2.07. The van der Waals surface area contributed by atoms with E-state index in [1.807, 2.05) is 6.20 Å². The third-order valence-corrected chi connectivity index (χ3v) is 1.77. The summed E-state index contributed by atoms with van der Waals surface area (Å²) in [6.45, 7) is 7.54. The summed E-state index contributed by atoms with van der Waals surface area (Å²) >= 11 is 0. The van der Waals surface area contributed by atoms with E-state index in [9.17, 15) is 0 Å². The van der Waals surface area contributed by atoms with Crippen LogP contribution in [0.5, 0.6) is 0 Å². The Morgan fingerprint density at radius 2 is 2.20 bits per heavy atom. The first-order chi connectivity index (χ1) is 4.75. The molecule has 1 heterocycles. The molecule has 10 heavy (non-hydrogen) atoms. The lowest BCUT2D eigenvalue weighted by molar-refractivity contribution is -0.707. The molecule has 2 nitrogen and oxygen atoms in total.